The Morgan fingerprint density at radius 2 is 1.55 bits per heavy atom. The van der Waals surface area contributed by atoms with Gasteiger partial charge in [0.2, 0.25) is 0 Å². The highest BCUT2D eigenvalue weighted by Gasteiger charge is 2.40. The molecule has 1 atom stereocenters. The lowest BCUT2D eigenvalue weighted by atomic mass is 9.98. The Balaban J connectivity index is 1.95. The largest absolute Gasteiger partial charge is 0.339 e. The van der Waals surface area contributed by atoms with Crippen LogP contribution in [-0.2, 0) is 20.0 Å². The fraction of sp³-hybridized carbons (Fsp3) is 0.231. The van der Waals surface area contributed by atoms with Gasteiger partial charge in [-0.15, -0.1) is 11.3 Å². The van der Waals surface area contributed by atoms with Crippen LogP contribution < -0.4 is 0 Å². The first kappa shape index (κ1) is 23.8. The average molecular weight is 487 g/mol. The summed E-state index contributed by atoms with van der Waals surface area (Å²) in [4.78, 5) is 0.845. The minimum absolute atomic E-state index is 0.182. The first-order valence-corrected chi connectivity index (χ1v) is 13.3. The van der Waals surface area contributed by atoms with E-state index in [1.807, 2.05) is 54.6 Å². The maximum absolute atomic E-state index is 14.1. The van der Waals surface area contributed by atoms with Crippen molar-refractivity contribution in [3.8, 4) is 11.1 Å². The third-order valence-electron chi connectivity index (χ3n) is 5.40. The number of fused-ring (bicyclic) bond motifs is 1. The number of hydrogen-bond acceptors (Lipinski definition) is 4. The van der Waals surface area contributed by atoms with E-state index in [4.69, 9.17) is 9.05 Å². The van der Waals surface area contributed by atoms with Crippen LogP contribution in [0.3, 0.4) is 0 Å². The number of halogens is 2. The molecule has 7 heteroatoms. The second-order valence-electron chi connectivity index (χ2n) is 7.55. The molecule has 3 aromatic carbocycles. The van der Waals surface area contributed by atoms with E-state index in [1.165, 1.54) is 17.4 Å². The van der Waals surface area contributed by atoms with Gasteiger partial charge in [-0.05, 0) is 49.6 Å². The molecule has 0 N–H and O–H groups in total. The van der Waals surface area contributed by atoms with E-state index in [2.05, 4.69) is 0 Å². The van der Waals surface area contributed by atoms with Gasteiger partial charge in [-0.25, -0.2) is 8.78 Å². The van der Waals surface area contributed by atoms with E-state index in [0.29, 0.717) is 5.56 Å². The van der Waals surface area contributed by atoms with Crippen molar-refractivity contribution in [2.75, 3.05) is 13.2 Å². The third-order valence-corrected chi connectivity index (χ3v) is 9.30. The minimum atomic E-state index is -3.65. The SMILES string of the molecule is CCOP(=O)(OCC)C(Cc1ccc(F)c(F)c1)c1sc2ccccc2c1-c1ccccc1. The van der Waals surface area contributed by atoms with Gasteiger partial charge in [-0.3, -0.25) is 4.57 Å². The van der Waals surface area contributed by atoms with Crippen LogP contribution in [0.4, 0.5) is 8.78 Å². The van der Waals surface area contributed by atoms with E-state index in [-0.39, 0.29) is 19.6 Å². The van der Waals surface area contributed by atoms with Crippen LogP contribution >= 0.6 is 18.9 Å². The van der Waals surface area contributed by atoms with E-state index >= 15 is 0 Å². The summed E-state index contributed by atoms with van der Waals surface area (Å²) in [5, 5.41) is 1.04. The second-order valence-corrected chi connectivity index (χ2v) is 10.9. The molecule has 0 radical (unpaired) electrons. The van der Waals surface area contributed by atoms with Crippen LogP contribution in [0.5, 0.6) is 0 Å². The fourth-order valence-electron chi connectivity index (χ4n) is 4.02. The molecule has 1 unspecified atom stereocenters. The highest BCUT2D eigenvalue weighted by molar-refractivity contribution is 7.54. The summed E-state index contributed by atoms with van der Waals surface area (Å²) in [6.45, 7) is 3.95. The Morgan fingerprint density at radius 3 is 2.21 bits per heavy atom. The number of benzene rings is 3. The Morgan fingerprint density at radius 1 is 0.879 bits per heavy atom. The second kappa shape index (κ2) is 10.3. The quantitative estimate of drug-likeness (QED) is 0.223. The number of thiophene rings is 1. The molecule has 172 valence electrons. The van der Waals surface area contributed by atoms with E-state index in [9.17, 15) is 13.3 Å². The molecule has 0 aliphatic rings. The predicted molar refractivity (Wildman–Crippen MR) is 131 cm³/mol. The molecule has 0 fully saturated rings. The average Bonchev–Trinajstić information content (AvgIpc) is 3.19. The maximum Gasteiger partial charge on any atom is 0.339 e. The van der Waals surface area contributed by atoms with Crippen LogP contribution in [-0.4, -0.2) is 13.2 Å². The molecule has 4 aromatic rings. The molecule has 0 amide bonds. The number of rotatable bonds is 9. The Kier molecular flexibility index (Phi) is 7.40. The summed E-state index contributed by atoms with van der Waals surface area (Å²) in [7, 11) is -3.65. The molecular weight excluding hydrogens is 461 g/mol. The van der Waals surface area contributed by atoms with Crippen LogP contribution in [0.2, 0.25) is 0 Å². The van der Waals surface area contributed by atoms with Gasteiger partial charge in [-0.1, -0.05) is 54.6 Å². The summed E-state index contributed by atoms with van der Waals surface area (Å²) < 4.78 is 54.3. The standard InChI is InChI=1S/C26H25F2O3PS/c1-3-30-32(29,31-4-2)23(17-18-14-15-21(27)22(28)16-18)26-25(19-10-6-5-7-11-19)20-12-8-9-13-24(20)33-26/h5-16,23H,3-4,17H2,1-2H3. The van der Waals surface area contributed by atoms with Crippen LogP contribution in [0.15, 0.2) is 72.8 Å². The molecular formula is C26H25F2O3PS. The molecule has 3 nitrogen and oxygen atoms in total. The normalized spacial score (nSPS) is 12.8. The first-order chi connectivity index (χ1) is 16.0. The monoisotopic (exact) mass is 486 g/mol. The molecule has 1 heterocycles. The van der Waals surface area contributed by atoms with Crippen molar-refractivity contribution in [1.82, 2.24) is 0 Å². The van der Waals surface area contributed by atoms with Gasteiger partial charge in [0.15, 0.2) is 11.6 Å². The lowest BCUT2D eigenvalue weighted by Gasteiger charge is -2.27. The van der Waals surface area contributed by atoms with Crippen LogP contribution in [0, 0.1) is 11.6 Å². The number of hydrogen-bond donors (Lipinski definition) is 0. The summed E-state index contributed by atoms with van der Waals surface area (Å²) in [5.41, 5.74) is 1.79. The van der Waals surface area contributed by atoms with E-state index in [0.717, 1.165) is 38.2 Å². The minimum Gasteiger partial charge on any atom is -0.308 e. The maximum atomic E-state index is 14.1. The molecule has 0 saturated heterocycles. The van der Waals surface area contributed by atoms with Crippen molar-refractivity contribution >= 4 is 29.0 Å². The van der Waals surface area contributed by atoms with Crippen molar-refractivity contribution in [3.63, 3.8) is 0 Å². The molecule has 0 saturated carbocycles. The summed E-state index contributed by atoms with van der Waals surface area (Å²) in [5.74, 6) is -1.85. The van der Waals surface area contributed by atoms with Crippen molar-refractivity contribution in [1.29, 1.82) is 0 Å². The van der Waals surface area contributed by atoms with Gasteiger partial charge >= 0.3 is 7.60 Å². The predicted octanol–water partition coefficient (Wildman–Crippen LogP) is 8.40. The Hall–Kier alpha value is -2.37. The fourth-order valence-corrected chi connectivity index (χ4v) is 7.78. The van der Waals surface area contributed by atoms with E-state index in [1.54, 1.807) is 13.8 Å². The molecule has 0 spiro atoms. The van der Waals surface area contributed by atoms with E-state index < -0.39 is 24.9 Å². The summed E-state index contributed by atoms with van der Waals surface area (Å²) in [6.07, 6.45) is 0.182. The topological polar surface area (TPSA) is 35.5 Å². The smallest absolute Gasteiger partial charge is 0.308 e. The first-order valence-electron chi connectivity index (χ1n) is 10.9. The lowest BCUT2D eigenvalue weighted by Crippen LogP contribution is -2.10. The molecule has 1 aromatic heterocycles. The van der Waals surface area contributed by atoms with Gasteiger partial charge in [0.05, 0.1) is 13.2 Å². The molecule has 4 rings (SSSR count). The Bertz CT molecular complexity index is 1280. The van der Waals surface area contributed by atoms with Gasteiger partial charge in [-0.2, -0.15) is 0 Å². The van der Waals surface area contributed by atoms with Gasteiger partial charge in [0.25, 0.3) is 0 Å². The summed E-state index contributed by atoms with van der Waals surface area (Å²) >= 11 is 1.53. The zero-order chi connectivity index (χ0) is 23.4. The Labute approximate surface area is 196 Å². The molecule has 0 aliphatic carbocycles. The highest BCUT2D eigenvalue weighted by atomic mass is 32.1. The molecule has 0 aliphatic heterocycles. The summed E-state index contributed by atoms with van der Waals surface area (Å²) in [6, 6.07) is 21.7. The highest BCUT2D eigenvalue weighted by Crippen LogP contribution is 2.65. The van der Waals surface area contributed by atoms with Gasteiger partial charge in [0.1, 0.15) is 5.66 Å². The van der Waals surface area contributed by atoms with Crippen molar-refractivity contribution in [2.45, 2.75) is 25.9 Å². The van der Waals surface area contributed by atoms with Crippen molar-refractivity contribution in [2.24, 2.45) is 0 Å². The zero-order valence-corrected chi connectivity index (χ0v) is 20.2. The van der Waals surface area contributed by atoms with Crippen molar-refractivity contribution in [3.05, 3.63) is 94.9 Å². The van der Waals surface area contributed by atoms with Gasteiger partial charge in [0, 0.05) is 20.5 Å². The van der Waals surface area contributed by atoms with Crippen LogP contribution in [0.1, 0.15) is 29.9 Å². The molecule has 33 heavy (non-hydrogen) atoms. The lowest BCUT2D eigenvalue weighted by molar-refractivity contribution is 0.212. The molecule has 0 bridgehead atoms. The van der Waals surface area contributed by atoms with Crippen molar-refractivity contribution < 1.29 is 22.4 Å². The van der Waals surface area contributed by atoms with Crippen LogP contribution in [0.25, 0.3) is 21.2 Å². The van der Waals surface area contributed by atoms with Gasteiger partial charge < -0.3 is 9.05 Å². The zero-order valence-electron chi connectivity index (χ0n) is 18.5. The third kappa shape index (κ3) is 4.95.